The number of H-pyrrole nitrogens is 1. The fourth-order valence-electron chi connectivity index (χ4n) is 3.11. The van der Waals surface area contributed by atoms with Crippen molar-refractivity contribution in [2.45, 2.75) is 38.4 Å². The average molecular weight is 321 g/mol. The molecule has 0 unspecified atom stereocenters. The molecule has 0 spiro atoms. The summed E-state index contributed by atoms with van der Waals surface area (Å²) in [5.74, 6) is 0.708. The van der Waals surface area contributed by atoms with Gasteiger partial charge >= 0.3 is 0 Å². The summed E-state index contributed by atoms with van der Waals surface area (Å²) in [4.78, 5) is 2.32. The first-order valence-electron chi connectivity index (χ1n) is 8.54. The van der Waals surface area contributed by atoms with E-state index in [4.69, 9.17) is 0 Å². The molecule has 24 heavy (non-hydrogen) atoms. The van der Waals surface area contributed by atoms with Crippen LogP contribution in [0.3, 0.4) is 0 Å². The van der Waals surface area contributed by atoms with Crippen molar-refractivity contribution in [2.24, 2.45) is 0 Å². The molecule has 0 aliphatic heterocycles. The number of nitrogens with one attached hydrogen (secondary N) is 1. The fourth-order valence-corrected chi connectivity index (χ4v) is 3.11. The van der Waals surface area contributed by atoms with Crippen LogP contribution >= 0.6 is 0 Å². The van der Waals surface area contributed by atoms with Crippen molar-refractivity contribution in [3.05, 3.63) is 71.3 Å². The lowest BCUT2D eigenvalue weighted by Crippen LogP contribution is -2.17. The number of aromatic amines is 1. The van der Waals surface area contributed by atoms with Crippen LogP contribution in [0, 0.1) is 0 Å². The van der Waals surface area contributed by atoms with Crippen molar-refractivity contribution in [1.29, 1.82) is 0 Å². The maximum atomic E-state index is 4.43. The molecular weight excluding hydrogens is 298 g/mol. The lowest BCUT2D eigenvalue weighted by atomic mass is 10.1. The summed E-state index contributed by atoms with van der Waals surface area (Å²) in [6.07, 6.45) is 6.40. The Kier molecular flexibility index (Phi) is 4.17. The predicted octanol–water partition coefficient (Wildman–Crippen LogP) is 3.16. The molecular formula is C19H23N5. The maximum Gasteiger partial charge on any atom is 0.0659 e. The molecule has 4 rings (SSSR count). The van der Waals surface area contributed by atoms with Gasteiger partial charge in [-0.15, -0.1) is 0 Å². The highest BCUT2D eigenvalue weighted by Gasteiger charge is 2.26. The lowest BCUT2D eigenvalue weighted by Gasteiger charge is -2.16. The van der Waals surface area contributed by atoms with Gasteiger partial charge in [-0.2, -0.15) is 10.2 Å². The van der Waals surface area contributed by atoms with E-state index >= 15 is 0 Å². The highest BCUT2D eigenvalue weighted by atomic mass is 15.3. The number of hydrogen-bond donors (Lipinski definition) is 1. The molecule has 2 heterocycles. The number of nitrogens with zero attached hydrogens (tertiary/aromatic N) is 4. The standard InChI is InChI=1S/C19H23N5/c1-23(14-18-11-19(22-21-18)17-6-7-17)12-15-4-2-5-16(10-15)13-24-9-3-8-20-24/h2-5,8-11,17H,6-7,12-14H2,1H3,(H,21,22). The van der Waals surface area contributed by atoms with Gasteiger partial charge in [0.1, 0.15) is 0 Å². The zero-order valence-corrected chi connectivity index (χ0v) is 14.0. The van der Waals surface area contributed by atoms with Crippen LogP contribution in [-0.4, -0.2) is 31.9 Å². The zero-order chi connectivity index (χ0) is 16.4. The van der Waals surface area contributed by atoms with E-state index in [-0.39, 0.29) is 0 Å². The summed E-state index contributed by atoms with van der Waals surface area (Å²) in [6.45, 7) is 2.63. The van der Waals surface area contributed by atoms with Gasteiger partial charge < -0.3 is 0 Å². The molecule has 0 radical (unpaired) electrons. The van der Waals surface area contributed by atoms with Crippen molar-refractivity contribution in [2.75, 3.05) is 7.05 Å². The Labute approximate surface area is 142 Å². The van der Waals surface area contributed by atoms with E-state index in [9.17, 15) is 0 Å². The summed E-state index contributed by atoms with van der Waals surface area (Å²) < 4.78 is 1.95. The van der Waals surface area contributed by atoms with Crippen LogP contribution in [0.25, 0.3) is 0 Å². The van der Waals surface area contributed by atoms with Gasteiger partial charge in [-0.1, -0.05) is 24.3 Å². The van der Waals surface area contributed by atoms with Gasteiger partial charge in [-0.05, 0) is 43.1 Å². The molecule has 1 aliphatic carbocycles. The summed E-state index contributed by atoms with van der Waals surface area (Å²) >= 11 is 0. The van der Waals surface area contributed by atoms with E-state index in [1.54, 1.807) is 0 Å². The molecule has 0 atom stereocenters. The van der Waals surface area contributed by atoms with E-state index in [2.05, 4.69) is 57.6 Å². The van der Waals surface area contributed by atoms with Gasteiger partial charge in [-0.3, -0.25) is 14.7 Å². The Morgan fingerprint density at radius 3 is 2.83 bits per heavy atom. The third-order valence-electron chi connectivity index (χ3n) is 4.43. The first-order chi connectivity index (χ1) is 11.8. The van der Waals surface area contributed by atoms with E-state index in [0.717, 1.165) is 19.6 Å². The molecule has 1 fully saturated rings. The second-order valence-electron chi connectivity index (χ2n) is 6.79. The quantitative estimate of drug-likeness (QED) is 0.727. The summed E-state index contributed by atoms with van der Waals surface area (Å²) in [7, 11) is 2.15. The van der Waals surface area contributed by atoms with Crippen LogP contribution in [0.2, 0.25) is 0 Å². The first-order valence-corrected chi connectivity index (χ1v) is 8.54. The highest BCUT2D eigenvalue weighted by molar-refractivity contribution is 5.24. The minimum atomic E-state index is 0.708. The Bertz CT molecular complexity index is 786. The summed E-state index contributed by atoms with van der Waals surface area (Å²) in [5, 5.41) is 11.9. The average Bonchev–Trinajstić information content (AvgIpc) is 3.09. The van der Waals surface area contributed by atoms with Crippen molar-refractivity contribution in [1.82, 2.24) is 24.9 Å². The number of rotatable bonds is 7. The molecule has 5 heteroatoms. The van der Waals surface area contributed by atoms with Crippen molar-refractivity contribution in [3.8, 4) is 0 Å². The molecule has 1 aromatic carbocycles. The molecule has 2 aromatic heterocycles. The molecule has 0 amide bonds. The normalized spacial score (nSPS) is 14.4. The molecule has 124 valence electrons. The summed E-state index contributed by atoms with van der Waals surface area (Å²) in [5.41, 5.74) is 5.04. The molecule has 0 saturated heterocycles. The molecule has 1 aliphatic rings. The van der Waals surface area contributed by atoms with Crippen molar-refractivity contribution >= 4 is 0 Å². The largest absolute Gasteiger partial charge is 0.296 e. The topological polar surface area (TPSA) is 49.7 Å². The monoisotopic (exact) mass is 321 g/mol. The lowest BCUT2D eigenvalue weighted by molar-refractivity contribution is 0.315. The highest BCUT2D eigenvalue weighted by Crippen LogP contribution is 2.39. The van der Waals surface area contributed by atoms with Gasteiger partial charge in [0.05, 0.1) is 12.2 Å². The Balaban J connectivity index is 1.36. The van der Waals surface area contributed by atoms with Gasteiger partial charge in [0.2, 0.25) is 0 Å². The maximum absolute atomic E-state index is 4.43. The van der Waals surface area contributed by atoms with E-state index in [1.165, 1.54) is 35.4 Å². The van der Waals surface area contributed by atoms with E-state index in [1.807, 2.05) is 23.1 Å². The predicted molar refractivity (Wildman–Crippen MR) is 93.5 cm³/mol. The van der Waals surface area contributed by atoms with Crippen molar-refractivity contribution < 1.29 is 0 Å². The third-order valence-corrected chi connectivity index (χ3v) is 4.43. The zero-order valence-electron chi connectivity index (χ0n) is 14.0. The SMILES string of the molecule is CN(Cc1cccc(Cn2cccn2)c1)Cc1cc(C2CC2)n[nH]1. The molecule has 5 nitrogen and oxygen atoms in total. The number of hydrogen-bond acceptors (Lipinski definition) is 3. The number of benzene rings is 1. The minimum Gasteiger partial charge on any atom is -0.296 e. The van der Waals surface area contributed by atoms with Gasteiger partial charge in [-0.25, -0.2) is 0 Å². The summed E-state index contributed by atoms with van der Waals surface area (Å²) in [6, 6.07) is 12.9. The third kappa shape index (κ3) is 3.74. The molecule has 0 bridgehead atoms. The van der Waals surface area contributed by atoms with E-state index < -0.39 is 0 Å². The number of aromatic nitrogens is 4. The first kappa shape index (κ1) is 15.1. The van der Waals surface area contributed by atoms with Crippen LogP contribution in [0.1, 0.15) is 41.3 Å². The second-order valence-corrected chi connectivity index (χ2v) is 6.79. The molecule has 1 saturated carbocycles. The van der Waals surface area contributed by atoms with Gasteiger partial charge in [0, 0.05) is 37.1 Å². The smallest absolute Gasteiger partial charge is 0.0659 e. The van der Waals surface area contributed by atoms with Gasteiger partial charge in [0.15, 0.2) is 0 Å². The fraction of sp³-hybridized carbons (Fsp3) is 0.368. The van der Waals surface area contributed by atoms with E-state index in [0.29, 0.717) is 5.92 Å². The van der Waals surface area contributed by atoms with Crippen LogP contribution in [0.15, 0.2) is 48.8 Å². The molecule has 3 aromatic rings. The Hall–Kier alpha value is -2.40. The van der Waals surface area contributed by atoms with Crippen LogP contribution in [0.4, 0.5) is 0 Å². The minimum absolute atomic E-state index is 0.708. The molecule has 1 N–H and O–H groups in total. The van der Waals surface area contributed by atoms with Crippen molar-refractivity contribution in [3.63, 3.8) is 0 Å². The Morgan fingerprint density at radius 2 is 2.04 bits per heavy atom. The van der Waals surface area contributed by atoms with Gasteiger partial charge in [0.25, 0.3) is 0 Å². The van der Waals surface area contributed by atoms with Crippen LogP contribution in [0.5, 0.6) is 0 Å². The Morgan fingerprint density at radius 1 is 1.17 bits per heavy atom. The van der Waals surface area contributed by atoms with Crippen LogP contribution < -0.4 is 0 Å². The van der Waals surface area contributed by atoms with Crippen LogP contribution in [-0.2, 0) is 19.6 Å². The second kappa shape index (κ2) is 6.61.